The lowest BCUT2D eigenvalue weighted by Gasteiger charge is -2.09. The fourth-order valence-corrected chi connectivity index (χ4v) is 3.04. The minimum atomic E-state index is 0.340. The Bertz CT molecular complexity index is 381. The van der Waals surface area contributed by atoms with E-state index in [4.69, 9.17) is 0 Å². The molecule has 1 aromatic rings. The molecule has 86 valence electrons. The molecule has 0 bridgehead atoms. The van der Waals surface area contributed by atoms with Crippen molar-refractivity contribution < 1.29 is 4.58 Å². The van der Waals surface area contributed by atoms with Crippen LogP contribution in [0.15, 0.2) is 30.3 Å². The second-order valence-electron chi connectivity index (χ2n) is 5.29. The van der Waals surface area contributed by atoms with Crippen molar-refractivity contribution in [1.82, 2.24) is 0 Å². The largest absolute Gasteiger partial charge is 0.231 e. The summed E-state index contributed by atoms with van der Waals surface area (Å²) < 4.78 is 2.48. The summed E-state index contributed by atoms with van der Waals surface area (Å²) >= 11 is 3.62. The Hall–Kier alpha value is -0.630. The topological polar surface area (TPSA) is 3.01 Å². The van der Waals surface area contributed by atoms with Crippen molar-refractivity contribution in [3.8, 4) is 0 Å². The molecule has 1 nitrogen and oxygen atoms in total. The van der Waals surface area contributed by atoms with Crippen molar-refractivity contribution in [1.29, 1.82) is 0 Å². The molecule has 0 fully saturated rings. The van der Waals surface area contributed by atoms with Crippen molar-refractivity contribution in [2.75, 3.05) is 5.33 Å². The fourth-order valence-electron chi connectivity index (χ4n) is 2.44. The first-order valence-corrected chi connectivity index (χ1v) is 6.94. The van der Waals surface area contributed by atoms with E-state index in [0.29, 0.717) is 11.5 Å². The molecule has 1 aliphatic rings. The van der Waals surface area contributed by atoms with Crippen LogP contribution in [0, 0.1) is 5.41 Å². The maximum absolute atomic E-state index is 3.62. The predicted octanol–water partition coefficient (Wildman–Crippen LogP) is 3.46. The second-order valence-corrected chi connectivity index (χ2v) is 5.94. The highest BCUT2D eigenvalue weighted by Crippen LogP contribution is 2.28. The van der Waals surface area contributed by atoms with Crippen LogP contribution in [0.2, 0.25) is 0 Å². The number of rotatable bonds is 3. The molecule has 1 aromatic carbocycles. The first kappa shape index (κ1) is 11.8. The lowest BCUT2D eigenvalue weighted by molar-refractivity contribution is -0.564. The van der Waals surface area contributed by atoms with Gasteiger partial charge in [-0.1, -0.05) is 60.1 Å². The smallest absolute Gasteiger partial charge is 0.168 e. The van der Waals surface area contributed by atoms with Crippen LogP contribution in [-0.2, 0) is 6.54 Å². The molecule has 1 aliphatic heterocycles. The zero-order valence-corrected chi connectivity index (χ0v) is 11.6. The molecule has 0 spiro atoms. The summed E-state index contributed by atoms with van der Waals surface area (Å²) in [6, 6.07) is 11.3. The van der Waals surface area contributed by atoms with Crippen LogP contribution >= 0.6 is 15.9 Å². The van der Waals surface area contributed by atoms with Gasteiger partial charge in [-0.2, -0.15) is 0 Å². The Kier molecular flexibility index (Phi) is 3.48. The van der Waals surface area contributed by atoms with Gasteiger partial charge in [0.05, 0.1) is 5.33 Å². The third-order valence-electron chi connectivity index (χ3n) is 3.13. The number of benzene rings is 1. The van der Waals surface area contributed by atoms with Gasteiger partial charge in [0.2, 0.25) is 0 Å². The molecule has 0 amide bonds. The summed E-state index contributed by atoms with van der Waals surface area (Å²) in [7, 11) is 0. The van der Waals surface area contributed by atoms with Gasteiger partial charge in [-0.3, -0.25) is 0 Å². The van der Waals surface area contributed by atoms with Crippen LogP contribution in [-0.4, -0.2) is 22.2 Å². The number of hydrogen-bond donors (Lipinski definition) is 0. The van der Waals surface area contributed by atoms with E-state index in [-0.39, 0.29) is 0 Å². The molecule has 0 aromatic heterocycles. The molecule has 1 heterocycles. The van der Waals surface area contributed by atoms with E-state index >= 15 is 0 Å². The average molecular weight is 281 g/mol. The molecule has 2 heteroatoms. The number of alkyl halides is 1. The highest BCUT2D eigenvalue weighted by Gasteiger charge is 2.37. The van der Waals surface area contributed by atoms with Gasteiger partial charge in [-0.15, -0.1) is 0 Å². The summed E-state index contributed by atoms with van der Waals surface area (Å²) in [6.07, 6.45) is 3.64. The van der Waals surface area contributed by atoms with Crippen molar-refractivity contribution in [3.63, 3.8) is 0 Å². The summed E-state index contributed by atoms with van der Waals surface area (Å²) in [5, 5.41) is 1.06. The molecule has 16 heavy (non-hydrogen) atoms. The van der Waals surface area contributed by atoms with E-state index in [1.54, 1.807) is 0 Å². The standard InChI is InChI=1S/C14H19BrN/c1-14(2)8-13(9-15)16(11-14)10-12-6-4-3-5-7-12/h3-7,11,13H,8-10H2,1-2H3/q+1. The van der Waals surface area contributed by atoms with Gasteiger partial charge in [0.1, 0.15) is 6.21 Å². The van der Waals surface area contributed by atoms with Gasteiger partial charge in [0.15, 0.2) is 12.6 Å². The third-order valence-corrected chi connectivity index (χ3v) is 3.88. The van der Waals surface area contributed by atoms with Crippen LogP contribution in [0.3, 0.4) is 0 Å². The van der Waals surface area contributed by atoms with Crippen LogP contribution < -0.4 is 0 Å². The number of nitrogens with zero attached hydrogens (tertiary/aromatic N) is 1. The Morgan fingerprint density at radius 2 is 2.00 bits per heavy atom. The highest BCUT2D eigenvalue weighted by molar-refractivity contribution is 9.09. The van der Waals surface area contributed by atoms with Gasteiger partial charge in [0.25, 0.3) is 0 Å². The van der Waals surface area contributed by atoms with E-state index in [1.807, 2.05) is 0 Å². The fraction of sp³-hybridized carbons (Fsp3) is 0.500. The van der Waals surface area contributed by atoms with Crippen LogP contribution in [0.1, 0.15) is 25.8 Å². The van der Waals surface area contributed by atoms with E-state index in [0.717, 1.165) is 11.9 Å². The second kappa shape index (κ2) is 4.70. The molecule has 1 unspecified atom stereocenters. The minimum absolute atomic E-state index is 0.340. The molecular formula is C14H19BrN+. The summed E-state index contributed by atoms with van der Waals surface area (Å²) in [5.74, 6) is 0. The molecular weight excluding hydrogens is 262 g/mol. The van der Waals surface area contributed by atoms with E-state index in [9.17, 15) is 0 Å². The Morgan fingerprint density at radius 1 is 1.31 bits per heavy atom. The van der Waals surface area contributed by atoms with Crippen molar-refractivity contribution >= 4 is 22.1 Å². The van der Waals surface area contributed by atoms with Gasteiger partial charge >= 0.3 is 0 Å². The van der Waals surface area contributed by atoms with E-state index in [1.165, 1.54) is 12.0 Å². The summed E-state index contributed by atoms with van der Waals surface area (Å²) in [5.41, 5.74) is 1.73. The lowest BCUT2D eigenvalue weighted by Crippen LogP contribution is -2.23. The average Bonchev–Trinajstić information content (AvgIpc) is 2.54. The number of hydrogen-bond acceptors (Lipinski definition) is 0. The molecule has 0 radical (unpaired) electrons. The zero-order valence-electron chi connectivity index (χ0n) is 9.99. The quantitative estimate of drug-likeness (QED) is 0.589. The van der Waals surface area contributed by atoms with Crippen LogP contribution in [0.5, 0.6) is 0 Å². The SMILES string of the molecule is CC1(C)C=[N+](Cc2ccccc2)C(CBr)C1. The van der Waals surface area contributed by atoms with Gasteiger partial charge in [0, 0.05) is 17.4 Å². The highest BCUT2D eigenvalue weighted by atomic mass is 79.9. The molecule has 0 aliphatic carbocycles. The van der Waals surface area contributed by atoms with Crippen LogP contribution in [0.25, 0.3) is 0 Å². The molecule has 0 N–H and O–H groups in total. The van der Waals surface area contributed by atoms with Gasteiger partial charge < -0.3 is 0 Å². The van der Waals surface area contributed by atoms with Gasteiger partial charge in [-0.05, 0) is 0 Å². The zero-order chi connectivity index (χ0) is 11.6. The maximum atomic E-state index is 3.62. The molecule has 1 atom stereocenters. The van der Waals surface area contributed by atoms with Crippen molar-refractivity contribution in [2.24, 2.45) is 5.41 Å². The Morgan fingerprint density at radius 3 is 2.62 bits per heavy atom. The van der Waals surface area contributed by atoms with E-state index in [2.05, 4.69) is 70.9 Å². The minimum Gasteiger partial charge on any atom is -0.231 e. The first-order chi connectivity index (χ1) is 7.61. The maximum Gasteiger partial charge on any atom is 0.168 e. The molecule has 0 saturated heterocycles. The van der Waals surface area contributed by atoms with Crippen molar-refractivity contribution in [2.45, 2.75) is 32.9 Å². The molecule has 2 rings (SSSR count). The van der Waals surface area contributed by atoms with Crippen molar-refractivity contribution in [3.05, 3.63) is 35.9 Å². The molecule has 0 saturated carbocycles. The number of halogens is 1. The third kappa shape index (κ3) is 2.73. The summed E-state index contributed by atoms with van der Waals surface area (Å²) in [4.78, 5) is 0. The van der Waals surface area contributed by atoms with E-state index < -0.39 is 0 Å². The summed E-state index contributed by atoms with van der Waals surface area (Å²) in [6.45, 7) is 5.65. The lowest BCUT2D eigenvalue weighted by atomic mass is 9.91. The Labute approximate surface area is 106 Å². The van der Waals surface area contributed by atoms with Gasteiger partial charge in [-0.25, -0.2) is 4.58 Å². The Balaban J connectivity index is 2.15. The predicted molar refractivity (Wildman–Crippen MR) is 72.5 cm³/mol. The monoisotopic (exact) mass is 280 g/mol. The normalized spacial score (nSPS) is 23.2. The van der Waals surface area contributed by atoms with Crippen LogP contribution in [0.4, 0.5) is 0 Å². The first-order valence-electron chi connectivity index (χ1n) is 5.82.